The molecule has 0 radical (unpaired) electrons. The number of aromatic nitrogens is 2. The van der Waals surface area contributed by atoms with Crippen LogP contribution in [-0.4, -0.2) is 42.2 Å². The van der Waals surface area contributed by atoms with Gasteiger partial charge in [-0.25, -0.2) is 9.97 Å². The number of benzene rings is 1. The van der Waals surface area contributed by atoms with E-state index in [1.165, 1.54) is 0 Å². The largest absolute Gasteiger partial charge is 0.495 e. The lowest BCUT2D eigenvalue weighted by Gasteiger charge is -2.12. The molecular formula is C17H20N4O3. The predicted molar refractivity (Wildman–Crippen MR) is 90.4 cm³/mol. The second kappa shape index (κ2) is 7.74. The zero-order chi connectivity index (χ0) is 16.8. The van der Waals surface area contributed by atoms with Crippen LogP contribution in [0.5, 0.6) is 5.75 Å². The first-order valence-electron chi connectivity index (χ1n) is 7.89. The van der Waals surface area contributed by atoms with E-state index in [2.05, 4.69) is 20.6 Å². The van der Waals surface area contributed by atoms with E-state index in [9.17, 15) is 4.79 Å². The van der Waals surface area contributed by atoms with Gasteiger partial charge >= 0.3 is 0 Å². The standard InChI is InChI=1S/C17H20N4O3/c1-23-15-7-3-2-6-13(15)20-16(22)14-8-9-18-17(21-14)19-11-12-5-4-10-24-12/h2-3,6-9,12H,4-5,10-11H2,1H3,(H,20,22)(H,18,19,21). The molecule has 0 bridgehead atoms. The minimum atomic E-state index is -0.318. The molecule has 7 nitrogen and oxygen atoms in total. The van der Waals surface area contributed by atoms with Gasteiger partial charge in [-0.3, -0.25) is 4.79 Å². The molecule has 1 aliphatic rings. The van der Waals surface area contributed by atoms with Crippen molar-refractivity contribution in [3.63, 3.8) is 0 Å². The number of ether oxygens (including phenoxy) is 2. The molecule has 2 aromatic rings. The molecule has 7 heteroatoms. The van der Waals surface area contributed by atoms with Gasteiger partial charge in [-0.05, 0) is 31.0 Å². The minimum absolute atomic E-state index is 0.180. The van der Waals surface area contributed by atoms with Crippen LogP contribution in [0, 0.1) is 0 Å². The van der Waals surface area contributed by atoms with Crippen LogP contribution < -0.4 is 15.4 Å². The van der Waals surface area contributed by atoms with Gasteiger partial charge in [0.25, 0.3) is 5.91 Å². The Morgan fingerprint density at radius 3 is 3.04 bits per heavy atom. The highest BCUT2D eigenvalue weighted by Crippen LogP contribution is 2.23. The van der Waals surface area contributed by atoms with Crippen LogP contribution in [0.1, 0.15) is 23.3 Å². The summed E-state index contributed by atoms with van der Waals surface area (Å²) in [5.74, 6) is 0.692. The van der Waals surface area contributed by atoms with Crippen LogP contribution in [0.15, 0.2) is 36.5 Å². The van der Waals surface area contributed by atoms with E-state index in [1.54, 1.807) is 31.5 Å². The Kier molecular flexibility index (Phi) is 5.22. The van der Waals surface area contributed by atoms with Crippen molar-refractivity contribution in [2.45, 2.75) is 18.9 Å². The second-order valence-corrected chi connectivity index (χ2v) is 5.44. The van der Waals surface area contributed by atoms with Gasteiger partial charge in [-0.15, -0.1) is 0 Å². The zero-order valence-electron chi connectivity index (χ0n) is 13.5. The molecule has 1 aliphatic heterocycles. The quantitative estimate of drug-likeness (QED) is 0.846. The molecule has 2 heterocycles. The molecule has 1 aromatic heterocycles. The molecule has 126 valence electrons. The maximum Gasteiger partial charge on any atom is 0.274 e. The van der Waals surface area contributed by atoms with Crippen molar-refractivity contribution < 1.29 is 14.3 Å². The molecule has 1 aromatic carbocycles. The van der Waals surface area contributed by atoms with Crippen molar-refractivity contribution in [3.8, 4) is 5.75 Å². The van der Waals surface area contributed by atoms with Gasteiger partial charge in [0.05, 0.1) is 18.9 Å². The number of nitrogens with zero attached hydrogens (tertiary/aromatic N) is 2. The monoisotopic (exact) mass is 328 g/mol. The second-order valence-electron chi connectivity index (χ2n) is 5.44. The van der Waals surface area contributed by atoms with Crippen molar-refractivity contribution in [3.05, 3.63) is 42.2 Å². The summed E-state index contributed by atoms with van der Waals surface area (Å²) in [6.07, 6.45) is 3.84. The summed E-state index contributed by atoms with van der Waals surface area (Å²) in [5.41, 5.74) is 0.878. The lowest BCUT2D eigenvalue weighted by Crippen LogP contribution is -2.21. The summed E-state index contributed by atoms with van der Waals surface area (Å²) in [6, 6.07) is 8.79. The van der Waals surface area contributed by atoms with E-state index >= 15 is 0 Å². The number of amides is 1. The zero-order valence-corrected chi connectivity index (χ0v) is 13.5. The van der Waals surface area contributed by atoms with Gasteiger partial charge in [0.2, 0.25) is 5.95 Å². The molecule has 1 saturated heterocycles. The fraction of sp³-hybridized carbons (Fsp3) is 0.353. The lowest BCUT2D eigenvalue weighted by molar-refractivity contribution is 0.102. The van der Waals surface area contributed by atoms with Crippen molar-refractivity contribution in [2.24, 2.45) is 0 Å². The van der Waals surface area contributed by atoms with Gasteiger partial charge < -0.3 is 20.1 Å². The maximum atomic E-state index is 12.4. The highest BCUT2D eigenvalue weighted by molar-refractivity contribution is 6.03. The van der Waals surface area contributed by atoms with E-state index in [0.717, 1.165) is 19.4 Å². The Labute approximate surface area is 140 Å². The Morgan fingerprint density at radius 1 is 1.38 bits per heavy atom. The predicted octanol–water partition coefficient (Wildman–Crippen LogP) is 2.33. The summed E-state index contributed by atoms with van der Waals surface area (Å²) in [6.45, 7) is 1.44. The Hall–Kier alpha value is -2.67. The first-order valence-corrected chi connectivity index (χ1v) is 7.89. The van der Waals surface area contributed by atoms with Crippen LogP contribution in [-0.2, 0) is 4.74 Å². The Balaban J connectivity index is 1.65. The molecule has 0 spiro atoms. The number of hydrogen-bond donors (Lipinski definition) is 2. The number of carbonyl (C=O) groups is 1. The molecule has 1 atom stereocenters. The molecule has 0 saturated carbocycles. The summed E-state index contributed by atoms with van der Waals surface area (Å²) in [4.78, 5) is 20.8. The smallest absolute Gasteiger partial charge is 0.274 e. The van der Waals surface area contributed by atoms with E-state index in [-0.39, 0.29) is 17.7 Å². The fourth-order valence-corrected chi connectivity index (χ4v) is 2.52. The fourth-order valence-electron chi connectivity index (χ4n) is 2.52. The summed E-state index contributed by atoms with van der Waals surface area (Å²) >= 11 is 0. The molecule has 1 unspecified atom stereocenters. The number of carbonyl (C=O) groups excluding carboxylic acids is 1. The average Bonchev–Trinajstić information content (AvgIpc) is 3.14. The molecular weight excluding hydrogens is 308 g/mol. The normalized spacial score (nSPS) is 16.6. The number of rotatable bonds is 6. The van der Waals surface area contributed by atoms with Crippen molar-refractivity contribution in [2.75, 3.05) is 30.9 Å². The molecule has 2 N–H and O–H groups in total. The summed E-state index contributed by atoms with van der Waals surface area (Å²) in [7, 11) is 1.56. The SMILES string of the molecule is COc1ccccc1NC(=O)c1ccnc(NCC2CCCO2)n1. The van der Waals surface area contributed by atoms with Gasteiger partial charge in [-0.1, -0.05) is 12.1 Å². The molecule has 1 amide bonds. The molecule has 0 aliphatic carbocycles. The Bertz CT molecular complexity index is 702. The van der Waals surface area contributed by atoms with Crippen LogP contribution in [0.25, 0.3) is 0 Å². The average molecular weight is 328 g/mol. The number of hydrogen-bond acceptors (Lipinski definition) is 6. The van der Waals surface area contributed by atoms with Crippen LogP contribution >= 0.6 is 0 Å². The van der Waals surface area contributed by atoms with Crippen LogP contribution in [0.3, 0.4) is 0 Å². The highest BCUT2D eigenvalue weighted by Gasteiger charge is 2.16. The lowest BCUT2D eigenvalue weighted by atomic mass is 10.2. The van der Waals surface area contributed by atoms with E-state index in [0.29, 0.717) is 23.9 Å². The number of anilines is 2. The Morgan fingerprint density at radius 2 is 2.25 bits per heavy atom. The molecule has 3 rings (SSSR count). The van der Waals surface area contributed by atoms with Crippen LogP contribution in [0.2, 0.25) is 0 Å². The van der Waals surface area contributed by atoms with E-state index < -0.39 is 0 Å². The van der Waals surface area contributed by atoms with E-state index in [1.807, 2.05) is 12.1 Å². The van der Waals surface area contributed by atoms with Gasteiger partial charge in [0, 0.05) is 19.3 Å². The highest BCUT2D eigenvalue weighted by atomic mass is 16.5. The summed E-state index contributed by atoms with van der Waals surface area (Å²) in [5, 5.41) is 5.91. The first-order chi connectivity index (χ1) is 11.8. The number of methoxy groups -OCH3 is 1. The van der Waals surface area contributed by atoms with Crippen molar-refractivity contribution >= 4 is 17.5 Å². The number of nitrogens with one attached hydrogen (secondary N) is 2. The minimum Gasteiger partial charge on any atom is -0.495 e. The van der Waals surface area contributed by atoms with Gasteiger partial charge in [-0.2, -0.15) is 0 Å². The van der Waals surface area contributed by atoms with Gasteiger partial charge in [0.15, 0.2) is 0 Å². The summed E-state index contributed by atoms with van der Waals surface area (Å²) < 4.78 is 10.8. The third-order valence-electron chi connectivity index (χ3n) is 3.76. The topological polar surface area (TPSA) is 85.4 Å². The van der Waals surface area contributed by atoms with Crippen molar-refractivity contribution in [1.82, 2.24) is 9.97 Å². The van der Waals surface area contributed by atoms with Crippen LogP contribution in [0.4, 0.5) is 11.6 Å². The third-order valence-corrected chi connectivity index (χ3v) is 3.76. The first kappa shape index (κ1) is 16.2. The molecule has 24 heavy (non-hydrogen) atoms. The molecule has 1 fully saturated rings. The van der Waals surface area contributed by atoms with E-state index in [4.69, 9.17) is 9.47 Å². The van der Waals surface area contributed by atoms with Gasteiger partial charge in [0.1, 0.15) is 11.4 Å². The van der Waals surface area contributed by atoms with Crippen molar-refractivity contribution in [1.29, 1.82) is 0 Å². The third kappa shape index (κ3) is 3.99. The number of para-hydroxylation sites is 2. The maximum absolute atomic E-state index is 12.4.